The maximum atomic E-state index is 10.6. The summed E-state index contributed by atoms with van der Waals surface area (Å²) in [5.41, 5.74) is 0. The first-order valence-corrected chi connectivity index (χ1v) is 7.60. The largest absolute Gasteiger partial charge is 0.466 e. The molecule has 0 aromatic heterocycles. The number of esters is 2. The fourth-order valence-corrected chi connectivity index (χ4v) is 1.14. The monoisotopic (exact) mass is 322 g/mol. The van der Waals surface area contributed by atoms with E-state index in [0.717, 1.165) is 0 Å². The van der Waals surface area contributed by atoms with Gasteiger partial charge in [-0.25, -0.2) is 0 Å². The summed E-state index contributed by atoms with van der Waals surface area (Å²) in [6.45, 7) is 11.2. The average Bonchev–Trinajstić information content (AvgIpc) is 2.47. The molecule has 0 fully saturated rings. The second-order valence-electron chi connectivity index (χ2n) is 3.90. The summed E-state index contributed by atoms with van der Waals surface area (Å²) in [6, 6.07) is 0. The highest BCUT2D eigenvalue weighted by Crippen LogP contribution is 1.86. The van der Waals surface area contributed by atoms with Gasteiger partial charge >= 0.3 is 11.9 Å². The van der Waals surface area contributed by atoms with Crippen LogP contribution in [-0.2, 0) is 33.3 Å². The summed E-state index contributed by atoms with van der Waals surface area (Å²) in [5, 5.41) is 0. The molecule has 0 radical (unpaired) electrons. The molecule has 0 bridgehead atoms. The molecule has 0 N–H and O–H groups in total. The predicted octanol–water partition coefficient (Wildman–Crippen LogP) is 1.58. The Morgan fingerprint density at radius 3 is 1.77 bits per heavy atom. The van der Waals surface area contributed by atoms with Crippen LogP contribution in [0.1, 0.15) is 34.1 Å². The van der Waals surface area contributed by atoms with E-state index in [1.807, 2.05) is 13.8 Å². The Balaban J connectivity index is 0. The Labute approximate surface area is 133 Å². The van der Waals surface area contributed by atoms with Crippen LogP contribution in [0.15, 0.2) is 0 Å². The van der Waals surface area contributed by atoms with Crippen molar-refractivity contribution in [3.05, 3.63) is 0 Å². The highest BCUT2D eigenvalue weighted by atomic mass is 16.6. The maximum Gasteiger partial charge on any atom is 0.308 e. The van der Waals surface area contributed by atoms with E-state index in [0.29, 0.717) is 59.3 Å². The molecule has 22 heavy (non-hydrogen) atoms. The molecule has 0 rings (SSSR count). The standard InChI is InChI=1S/C8H16O4.C7H14O3/c1-3-10-4-5-11-6-7-12-8(2)9;1-3-9-6-5-7(8)10-4-2/h3-7H2,1-2H3;3-6H2,1-2H3. The molecule has 132 valence electrons. The molecule has 7 heteroatoms. The Hall–Kier alpha value is -1.18. The number of hydrogen-bond donors (Lipinski definition) is 0. The van der Waals surface area contributed by atoms with Gasteiger partial charge in [-0.05, 0) is 20.8 Å². The van der Waals surface area contributed by atoms with Gasteiger partial charge in [-0.3, -0.25) is 9.59 Å². The van der Waals surface area contributed by atoms with Gasteiger partial charge in [-0.2, -0.15) is 0 Å². The third kappa shape index (κ3) is 23.9. The van der Waals surface area contributed by atoms with E-state index in [1.165, 1.54) is 6.92 Å². The molecular formula is C15H30O7. The minimum absolute atomic E-state index is 0.184. The Bertz CT molecular complexity index is 256. The molecule has 7 nitrogen and oxygen atoms in total. The molecule has 0 aliphatic rings. The van der Waals surface area contributed by atoms with E-state index in [9.17, 15) is 9.59 Å². The van der Waals surface area contributed by atoms with Gasteiger partial charge in [0, 0.05) is 20.1 Å². The predicted molar refractivity (Wildman–Crippen MR) is 81.7 cm³/mol. The van der Waals surface area contributed by atoms with Crippen molar-refractivity contribution < 1.29 is 33.3 Å². The summed E-state index contributed by atoms with van der Waals surface area (Å²) in [4.78, 5) is 20.9. The van der Waals surface area contributed by atoms with E-state index in [1.54, 1.807) is 6.92 Å². The van der Waals surface area contributed by atoms with Gasteiger partial charge < -0.3 is 23.7 Å². The van der Waals surface area contributed by atoms with Crippen molar-refractivity contribution in [1.82, 2.24) is 0 Å². The molecule has 0 saturated heterocycles. The topological polar surface area (TPSA) is 80.3 Å². The van der Waals surface area contributed by atoms with Crippen LogP contribution >= 0.6 is 0 Å². The quantitative estimate of drug-likeness (QED) is 0.398. The van der Waals surface area contributed by atoms with Crippen LogP contribution in [0.3, 0.4) is 0 Å². The van der Waals surface area contributed by atoms with Crippen molar-refractivity contribution in [2.75, 3.05) is 52.9 Å². The third-order valence-electron chi connectivity index (χ3n) is 2.07. The molecular weight excluding hydrogens is 292 g/mol. The van der Waals surface area contributed by atoms with Crippen LogP contribution in [0.4, 0.5) is 0 Å². The highest BCUT2D eigenvalue weighted by molar-refractivity contribution is 5.69. The highest BCUT2D eigenvalue weighted by Gasteiger charge is 1.98. The fraction of sp³-hybridized carbons (Fsp3) is 0.867. The van der Waals surface area contributed by atoms with Crippen LogP contribution in [0.25, 0.3) is 0 Å². The number of hydrogen-bond acceptors (Lipinski definition) is 7. The van der Waals surface area contributed by atoms with Gasteiger partial charge in [0.05, 0.1) is 39.5 Å². The van der Waals surface area contributed by atoms with Crippen molar-refractivity contribution in [3.63, 3.8) is 0 Å². The second-order valence-corrected chi connectivity index (χ2v) is 3.90. The van der Waals surface area contributed by atoms with E-state index in [4.69, 9.17) is 14.2 Å². The summed E-state index contributed by atoms with van der Waals surface area (Å²) in [5.74, 6) is -0.459. The number of ether oxygens (including phenoxy) is 5. The minimum Gasteiger partial charge on any atom is -0.466 e. The molecule has 0 amide bonds. The molecule has 0 atom stereocenters. The van der Waals surface area contributed by atoms with E-state index >= 15 is 0 Å². The van der Waals surface area contributed by atoms with Crippen LogP contribution in [0.5, 0.6) is 0 Å². The summed E-state index contributed by atoms with van der Waals surface area (Å²) < 4.78 is 24.4. The molecule has 0 aliphatic heterocycles. The van der Waals surface area contributed by atoms with E-state index in [-0.39, 0.29) is 11.9 Å². The first kappa shape index (κ1) is 23.1. The average molecular weight is 322 g/mol. The first-order chi connectivity index (χ1) is 10.6. The van der Waals surface area contributed by atoms with E-state index < -0.39 is 0 Å². The Kier molecular flexibility index (Phi) is 20.8. The summed E-state index contributed by atoms with van der Waals surface area (Å²) in [6.07, 6.45) is 0.363. The molecule has 0 heterocycles. The fourth-order valence-electron chi connectivity index (χ4n) is 1.14. The SMILES string of the molecule is CCOCCC(=O)OCC.CCOCCOCCOC(C)=O. The van der Waals surface area contributed by atoms with Gasteiger partial charge in [-0.15, -0.1) is 0 Å². The third-order valence-corrected chi connectivity index (χ3v) is 2.07. The zero-order chi connectivity index (χ0) is 17.1. The van der Waals surface area contributed by atoms with Crippen molar-refractivity contribution in [3.8, 4) is 0 Å². The van der Waals surface area contributed by atoms with Gasteiger partial charge in [0.25, 0.3) is 0 Å². The number of carbonyl (C=O) groups is 2. The summed E-state index contributed by atoms with van der Waals surface area (Å²) in [7, 11) is 0. The number of rotatable bonds is 12. The Morgan fingerprint density at radius 2 is 1.23 bits per heavy atom. The zero-order valence-electron chi connectivity index (χ0n) is 14.2. The molecule has 0 aromatic rings. The molecule has 0 saturated carbocycles. The van der Waals surface area contributed by atoms with E-state index in [2.05, 4.69) is 9.47 Å². The lowest BCUT2D eigenvalue weighted by atomic mass is 10.5. The molecule has 0 aromatic carbocycles. The smallest absolute Gasteiger partial charge is 0.308 e. The van der Waals surface area contributed by atoms with Crippen LogP contribution in [0, 0.1) is 0 Å². The van der Waals surface area contributed by atoms with Gasteiger partial charge in [0.1, 0.15) is 6.61 Å². The normalized spacial score (nSPS) is 9.64. The molecule has 0 spiro atoms. The lowest BCUT2D eigenvalue weighted by molar-refractivity contribution is -0.144. The lowest BCUT2D eigenvalue weighted by Crippen LogP contribution is -2.10. The van der Waals surface area contributed by atoms with Gasteiger partial charge in [-0.1, -0.05) is 0 Å². The van der Waals surface area contributed by atoms with Gasteiger partial charge in [0.15, 0.2) is 0 Å². The van der Waals surface area contributed by atoms with Crippen molar-refractivity contribution in [2.24, 2.45) is 0 Å². The minimum atomic E-state index is -0.275. The Morgan fingerprint density at radius 1 is 0.682 bits per heavy atom. The first-order valence-electron chi connectivity index (χ1n) is 7.60. The van der Waals surface area contributed by atoms with Crippen molar-refractivity contribution in [2.45, 2.75) is 34.1 Å². The van der Waals surface area contributed by atoms with Crippen LogP contribution < -0.4 is 0 Å². The molecule has 0 aliphatic carbocycles. The zero-order valence-corrected chi connectivity index (χ0v) is 14.2. The second kappa shape index (κ2) is 19.8. The van der Waals surface area contributed by atoms with Crippen LogP contribution in [-0.4, -0.2) is 64.8 Å². The summed E-state index contributed by atoms with van der Waals surface area (Å²) >= 11 is 0. The van der Waals surface area contributed by atoms with Crippen molar-refractivity contribution in [1.29, 1.82) is 0 Å². The van der Waals surface area contributed by atoms with Crippen molar-refractivity contribution >= 4 is 11.9 Å². The van der Waals surface area contributed by atoms with Gasteiger partial charge in [0.2, 0.25) is 0 Å². The number of carbonyl (C=O) groups excluding carboxylic acids is 2. The maximum absolute atomic E-state index is 10.6. The lowest BCUT2D eigenvalue weighted by Gasteiger charge is -2.03. The van der Waals surface area contributed by atoms with Crippen LogP contribution in [0.2, 0.25) is 0 Å². The molecule has 0 unspecified atom stereocenters.